The molecule has 15 heavy (non-hydrogen) atoms. The summed E-state index contributed by atoms with van der Waals surface area (Å²) in [4.78, 5) is 0. The number of benzene rings is 1. The van der Waals surface area contributed by atoms with E-state index in [2.05, 4.69) is 30.3 Å². The highest BCUT2D eigenvalue weighted by Gasteiger charge is 2.08. The average molecular weight is 202 g/mol. The Balaban J connectivity index is 2.51. The third-order valence-corrected chi connectivity index (χ3v) is 2.50. The van der Waals surface area contributed by atoms with E-state index < -0.39 is 0 Å². The highest BCUT2D eigenvalue weighted by atomic mass is 16.5. The summed E-state index contributed by atoms with van der Waals surface area (Å²) >= 11 is 0. The minimum Gasteiger partial charge on any atom is -0.381 e. The number of hydrogen-bond acceptors (Lipinski definition) is 3. The van der Waals surface area contributed by atoms with E-state index in [0.29, 0.717) is 5.82 Å². The molecule has 3 heteroatoms. The highest BCUT2D eigenvalue weighted by Crippen LogP contribution is 2.26. The molecule has 2 aromatic rings. The molecule has 0 atom stereocenters. The molecule has 0 bridgehead atoms. The molecule has 1 heterocycles. The van der Waals surface area contributed by atoms with Crippen LogP contribution < -0.4 is 5.73 Å². The number of nitrogens with two attached hydrogens (primary N) is 1. The topological polar surface area (TPSA) is 52.0 Å². The van der Waals surface area contributed by atoms with Crippen LogP contribution in [0.1, 0.15) is 18.1 Å². The number of rotatable bonds is 2. The molecule has 2 N–H and O–H groups in total. The summed E-state index contributed by atoms with van der Waals surface area (Å²) in [6, 6.07) is 8.09. The van der Waals surface area contributed by atoms with E-state index in [4.69, 9.17) is 10.3 Å². The number of nitrogens with zero attached hydrogens (tertiary/aromatic N) is 1. The number of aromatic nitrogens is 1. The lowest BCUT2D eigenvalue weighted by Crippen LogP contribution is -1.86. The zero-order chi connectivity index (χ0) is 10.8. The molecule has 0 unspecified atom stereocenters. The molecular weight excluding hydrogens is 188 g/mol. The fraction of sp³-hybridized carbons (Fsp3) is 0.250. The minimum atomic E-state index is 0.423. The van der Waals surface area contributed by atoms with Crippen LogP contribution in [0.3, 0.4) is 0 Å². The fourth-order valence-electron chi connectivity index (χ4n) is 1.57. The molecule has 1 aromatic carbocycles. The van der Waals surface area contributed by atoms with Crippen LogP contribution in [-0.4, -0.2) is 5.16 Å². The third-order valence-electron chi connectivity index (χ3n) is 2.50. The molecule has 78 valence electrons. The summed E-state index contributed by atoms with van der Waals surface area (Å²) in [6.45, 7) is 4.18. The molecule has 0 aliphatic carbocycles. The van der Waals surface area contributed by atoms with Gasteiger partial charge in [0.2, 0.25) is 0 Å². The van der Waals surface area contributed by atoms with Crippen molar-refractivity contribution in [3.05, 3.63) is 35.4 Å². The van der Waals surface area contributed by atoms with Gasteiger partial charge in [-0.25, -0.2) is 0 Å². The van der Waals surface area contributed by atoms with Crippen molar-refractivity contribution >= 4 is 5.82 Å². The molecule has 2 rings (SSSR count). The predicted octanol–water partition coefficient (Wildman–Crippen LogP) is 2.79. The van der Waals surface area contributed by atoms with Crippen LogP contribution in [0.2, 0.25) is 0 Å². The second kappa shape index (κ2) is 3.77. The molecule has 0 saturated heterocycles. The van der Waals surface area contributed by atoms with Crippen molar-refractivity contribution in [2.75, 3.05) is 5.73 Å². The maximum absolute atomic E-state index is 5.53. The van der Waals surface area contributed by atoms with E-state index >= 15 is 0 Å². The molecule has 3 nitrogen and oxygen atoms in total. The van der Waals surface area contributed by atoms with Crippen LogP contribution in [-0.2, 0) is 6.42 Å². The molecule has 0 aliphatic rings. The van der Waals surface area contributed by atoms with Crippen molar-refractivity contribution < 1.29 is 4.52 Å². The van der Waals surface area contributed by atoms with Gasteiger partial charge < -0.3 is 10.3 Å². The minimum absolute atomic E-state index is 0.423. The molecule has 0 saturated carbocycles. The van der Waals surface area contributed by atoms with Crippen LogP contribution in [0.15, 0.2) is 28.8 Å². The zero-order valence-electron chi connectivity index (χ0n) is 8.95. The Morgan fingerprint density at radius 2 is 2.13 bits per heavy atom. The van der Waals surface area contributed by atoms with E-state index in [1.54, 1.807) is 6.07 Å². The molecule has 0 radical (unpaired) electrons. The monoisotopic (exact) mass is 202 g/mol. The lowest BCUT2D eigenvalue weighted by Gasteiger charge is -2.04. The Kier molecular flexibility index (Phi) is 2.46. The van der Waals surface area contributed by atoms with Gasteiger partial charge in [0.15, 0.2) is 11.6 Å². The second-order valence-electron chi connectivity index (χ2n) is 3.62. The van der Waals surface area contributed by atoms with E-state index in [9.17, 15) is 0 Å². The maximum atomic E-state index is 5.53. The van der Waals surface area contributed by atoms with Crippen LogP contribution >= 0.6 is 0 Å². The van der Waals surface area contributed by atoms with Crippen molar-refractivity contribution in [2.24, 2.45) is 0 Å². The van der Waals surface area contributed by atoms with Gasteiger partial charge in [0.25, 0.3) is 0 Å². The van der Waals surface area contributed by atoms with Gasteiger partial charge in [-0.1, -0.05) is 24.2 Å². The van der Waals surface area contributed by atoms with Crippen molar-refractivity contribution in [3.8, 4) is 11.3 Å². The molecule has 0 aliphatic heterocycles. The first-order chi connectivity index (χ1) is 7.20. The smallest absolute Gasteiger partial charge is 0.169 e. The average Bonchev–Trinajstić information content (AvgIpc) is 2.65. The number of nitrogen functional groups attached to an aromatic ring is 1. The van der Waals surface area contributed by atoms with Gasteiger partial charge in [0, 0.05) is 11.6 Å². The second-order valence-corrected chi connectivity index (χ2v) is 3.62. The molecule has 0 amide bonds. The van der Waals surface area contributed by atoms with Gasteiger partial charge in [-0.15, -0.1) is 0 Å². The zero-order valence-corrected chi connectivity index (χ0v) is 8.95. The van der Waals surface area contributed by atoms with Crippen molar-refractivity contribution in [1.82, 2.24) is 5.16 Å². The summed E-state index contributed by atoms with van der Waals surface area (Å²) in [6.07, 6.45) is 1.01. The standard InChI is InChI=1S/C12H14N2O/c1-3-9-5-4-8(2)10(6-9)11-7-12(13)14-15-11/h4-7H,3H2,1-2H3,(H2,13,14). The first kappa shape index (κ1) is 9.77. The van der Waals surface area contributed by atoms with Crippen LogP contribution in [0.5, 0.6) is 0 Å². The van der Waals surface area contributed by atoms with Gasteiger partial charge in [-0.3, -0.25) is 0 Å². The quantitative estimate of drug-likeness (QED) is 0.814. The van der Waals surface area contributed by atoms with Gasteiger partial charge in [-0.05, 0) is 30.5 Å². The highest BCUT2D eigenvalue weighted by molar-refractivity contribution is 5.64. The van der Waals surface area contributed by atoms with Crippen LogP contribution in [0.25, 0.3) is 11.3 Å². The number of aryl methyl sites for hydroxylation is 2. The van der Waals surface area contributed by atoms with Gasteiger partial charge in [0.05, 0.1) is 0 Å². The van der Waals surface area contributed by atoms with Crippen molar-refractivity contribution in [3.63, 3.8) is 0 Å². The summed E-state index contributed by atoms with van der Waals surface area (Å²) in [7, 11) is 0. The van der Waals surface area contributed by atoms with E-state index in [1.165, 1.54) is 11.1 Å². The van der Waals surface area contributed by atoms with Crippen LogP contribution in [0, 0.1) is 6.92 Å². The SMILES string of the molecule is CCc1ccc(C)c(-c2cc(N)no2)c1. The number of anilines is 1. The van der Waals surface area contributed by atoms with Crippen molar-refractivity contribution in [1.29, 1.82) is 0 Å². The Labute approximate surface area is 88.9 Å². The largest absolute Gasteiger partial charge is 0.381 e. The van der Waals surface area contributed by atoms with E-state index in [0.717, 1.165) is 17.7 Å². The van der Waals surface area contributed by atoms with E-state index in [-0.39, 0.29) is 0 Å². The van der Waals surface area contributed by atoms with Gasteiger partial charge in [0.1, 0.15) is 0 Å². The summed E-state index contributed by atoms with van der Waals surface area (Å²) in [5, 5.41) is 3.69. The number of hydrogen-bond donors (Lipinski definition) is 1. The third kappa shape index (κ3) is 1.86. The molecule has 0 fully saturated rings. The van der Waals surface area contributed by atoms with Crippen molar-refractivity contribution in [2.45, 2.75) is 20.3 Å². The lowest BCUT2D eigenvalue weighted by atomic mass is 10.0. The summed E-state index contributed by atoms with van der Waals surface area (Å²) in [5.41, 5.74) is 9.05. The van der Waals surface area contributed by atoms with Gasteiger partial charge in [-0.2, -0.15) is 0 Å². The Hall–Kier alpha value is -1.77. The summed E-state index contributed by atoms with van der Waals surface area (Å²) < 4.78 is 5.16. The first-order valence-corrected chi connectivity index (χ1v) is 5.03. The summed E-state index contributed by atoms with van der Waals surface area (Å²) in [5.74, 6) is 1.16. The Morgan fingerprint density at radius 1 is 1.33 bits per heavy atom. The normalized spacial score (nSPS) is 10.5. The van der Waals surface area contributed by atoms with Crippen LogP contribution in [0.4, 0.5) is 5.82 Å². The molecular formula is C12H14N2O. The van der Waals surface area contributed by atoms with Gasteiger partial charge >= 0.3 is 0 Å². The first-order valence-electron chi connectivity index (χ1n) is 5.03. The molecule has 1 aromatic heterocycles. The maximum Gasteiger partial charge on any atom is 0.169 e. The lowest BCUT2D eigenvalue weighted by molar-refractivity contribution is 0.435. The predicted molar refractivity (Wildman–Crippen MR) is 60.5 cm³/mol. The fourth-order valence-corrected chi connectivity index (χ4v) is 1.57. The Bertz CT molecular complexity index is 474. The van der Waals surface area contributed by atoms with E-state index in [1.807, 2.05) is 6.92 Å². The molecule has 0 spiro atoms. The Morgan fingerprint density at radius 3 is 2.73 bits per heavy atom.